The van der Waals surface area contributed by atoms with Crippen LogP contribution in [-0.4, -0.2) is 44.0 Å². The van der Waals surface area contributed by atoms with Crippen LogP contribution in [0.4, 0.5) is 0 Å². The molecule has 0 bridgehead atoms. The fourth-order valence-corrected chi connectivity index (χ4v) is 0.962. The van der Waals surface area contributed by atoms with Gasteiger partial charge >= 0.3 is 0 Å². The Kier molecular flexibility index (Phi) is 7.42. The molecule has 0 saturated heterocycles. The molecule has 4 nitrogen and oxygen atoms in total. The van der Waals surface area contributed by atoms with Gasteiger partial charge in [-0.25, -0.2) is 0 Å². The molecule has 0 rings (SSSR count). The first kappa shape index (κ1) is 13.4. The first-order valence-electron chi connectivity index (χ1n) is 5.21. The van der Waals surface area contributed by atoms with Crippen LogP contribution in [0.25, 0.3) is 0 Å². The van der Waals surface area contributed by atoms with E-state index in [1.165, 1.54) is 0 Å². The molecule has 0 heterocycles. The van der Waals surface area contributed by atoms with Crippen molar-refractivity contribution < 1.29 is 4.79 Å². The molecule has 0 aromatic heterocycles. The van der Waals surface area contributed by atoms with Crippen molar-refractivity contribution in [2.75, 3.05) is 27.2 Å². The third-order valence-electron chi connectivity index (χ3n) is 2.33. The molecule has 14 heavy (non-hydrogen) atoms. The maximum Gasteiger partial charge on any atom is 0.220 e. The number of carbonyl (C=O) groups is 1. The van der Waals surface area contributed by atoms with Gasteiger partial charge in [-0.3, -0.25) is 4.79 Å². The lowest BCUT2D eigenvalue weighted by Crippen LogP contribution is -2.38. The molecule has 0 aliphatic heterocycles. The summed E-state index contributed by atoms with van der Waals surface area (Å²) < 4.78 is 0. The van der Waals surface area contributed by atoms with Crippen LogP contribution in [-0.2, 0) is 4.79 Å². The first-order valence-corrected chi connectivity index (χ1v) is 5.21. The van der Waals surface area contributed by atoms with E-state index in [1.54, 1.807) is 0 Å². The van der Waals surface area contributed by atoms with Gasteiger partial charge in [-0.05, 0) is 40.4 Å². The molecule has 0 aliphatic carbocycles. The van der Waals surface area contributed by atoms with Crippen molar-refractivity contribution in [2.24, 2.45) is 5.73 Å². The van der Waals surface area contributed by atoms with Crippen molar-refractivity contribution in [3.8, 4) is 0 Å². The molecule has 3 N–H and O–H groups in total. The van der Waals surface area contributed by atoms with E-state index in [0.29, 0.717) is 25.6 Å². The van der Waals surface area contributed by atoms with Crippen LogP contribution in [0.2, 0.25) is 0 Å². The second-order valence-corrected chi connectivity index (χ2v) is 3.86. The Bertz CT molecular complexity index is 159. The molecule has 84 valence electrons. The summed E-state index contributed by atoms with van der Waals surface area (Å²) in [4.78, 5) is 13.4. The minimum absolute atomic E-state index is 0.132. The zero-order valence-corrected chi connectivity index (χ0v) is 9.55. The lowest BCUT2D eigenvalue weighted by Gasteiger charge is -2.19. The Hall–Kier alpha value is -0.610. The van der Waals surface area contributed by atoms with Crippen LogP contribution in [0.3, 0.4) is 0 Å². The van der Waals surface area contributed by atoms with E-state index >= 15 is 0 Å². The molecule has 0 saturated carbocycles. The molecule has 0 aromatic rings. The van der Waals surface area contributed by atoms with Gasteiger partial charge in [-0.2, -0.15) is 0 Å². The van der Waals surface area contributed by atoms with Gasteiger partial charge in [0.25, 0.3) is 0 Å². The van der Waals surface area contributed by atoms with E-state index in [1.807, 2.05) is 14.1 Å². The Morgan fingerprint density at radius 2 is 2.07 bits per heavy atom. The second kappa shape index (κ2) is 7.76. The standard InChI is InChI=1S/C10H23N3O/c1-9(13(2)3)8-12-10(14)6-4-5-7-11/h9H,4-8,11H2,1-3H3,(H,12,14). The molecular formula is C10H23N3O. The average molecular weight is 201 g/mol. The zero-order chi connectivity index (χ0) is 11.0. The molecule has 1 amide bonds. The molecule has 0 aliphatic rings. The fourth-order valence-electron chi connectivity index (χ4n) is 0.962. The summed E-state index contributed by atoms with van der Waals surface area (Å²) in [7, 11) is 4.01. The number of rotatable bonds is 7. The van der Waals surface area contributed by atoms with Crippen LogP contribution in [0.1, 0.15) is 26.2 Å². The lowest BCUT2D eigenvalue weighted by molar-refractivity contribution is -0.121. The van der Waals surface area contributed by atoms with Crippen LogP contribution < -0.4 is 11.1 Å². The SMILES string of the molecule is CC(CNC(=O)CCCCN)N(C)C. The monoisotopic (exact) mass is 201 g/mol. The van der Waals surface area contributed by atoms with Gasteiger partial charge in [-0.1, -0.05) is 0 Å². The number of amides is 1. The van der Waals surface area contributed by atoms with Crippen molar-refractivity contribution in [3.63, 3.8) is 0 Å². The summed E-state index contributed by atoms with van der Waals surface area (Å²) in [6.45, 7) is 3.47. The smallest absolute Gasteiger partial charge is 0.220 e. The van der Waals surface area contributed by atoms with E-state index in [-0.39, 0.29) is 5.91 Å². The number of nitrogens with zero attached hydrogens (tertiary/aromatic N) is 1. The number of hydrogen-bond acceptors (Lipinski definition) is 3. The Morgan fingerprint density at radius 3 is 2.57 bits per heavy atom. The molecular weight excluding hydrogens is 178 g/mol. The number of unbranched alkanes of at least 4 members (excludes halogenated alkanes) is 1. The zero-order valence-electron chi connectivity index (χ0n) is 9.55. The van der Waals surface area contributed by atoms with Crippen molar-refractivity contribution >= 4 is 5.91 Å². The molecule has 4 heteroatoms. The van der Waals surface area contributed by atoms with Crippen LogP contribution in [0, 0.1) is 0 Å². The summed E-state index contributed by atoms with van der Waals surface area (Å²) in [6, 6.07) is 0.383. The van der Waals surface area contributed by atoms with E-state index in [9.17, 15) is 4.79 Å². The maximum absolute atomic E-state index is 11.3. The largest absolute Gasteiger partial charge is 0.355 e. The highest BCUT2D eigenvalue weighted by Crippen LogP contribution is 1.94. The quantitative estimate of drug-likeness (QED) is 0.578. The third-order valence-corrected chi connectivity index (χ3v) is 2.33. The predicted octanol–water partition coefficient (Wildman–Crippen LogP) is 0.182. The summed E-state index contributed by atoms with van der Waals surface area (Å²) >= 11 is 0. The van der Waals surface area contributed by atoms with Gasteiger partial charge < -0.3 is 16.0 Å². The lowest BCUT2D eigenvalue weighted by atomic mass is 10.2. The topological polar surface area (TPSA) is 58.4 Å². The fraction of sp³-hybridized carbons (Fsp3) is 0.900. The van der Waals surface area contributed by atoms with E-state index < -0.39 is 0 Å². The summed E-state index contributed by atoms with van der Waals surface area (Å²) in [5.41, 5.74) is 5.34. The van der Waals surface area contributed by atoms with Crippen molar-refractivity contribution in [3.05, 3.63) is 0 Å². The number of carbonyl (C=O) groups excluding carboxylic acids is 1. The molecule has 0 radical (unpaired) electrons. The van der Waals surface area contributed by atoms with Crippen LogP contribution in [0.5, 0.6) is 0 Å². The maximum atomic E-state index is 11.3. The number of hydrogen-bond donors (Lipinski definition) is 2. The molecule has 1 unspecified atom stereocenters. The molecule has 0 spiro atoms. The summed E-state index contributed by atoms with van der Waals surface area (Å²) in [5.74, 6) is 0.132. The number of nitrogens with one attached hydrogen (secondary N) is 1. The molecule has 0 aromatic carbocycles. The minimum atomic E-state index is 0.132. The second-order valence-electron chi connectivity index (χ2n) is 3.86. The van der Waals surface area contributed by atoms with E-state index in [2.05, 4.69) is 17.1 Å². The molecule has 1 atom stereocenters. The van der Waals surface area contributed by atoms with Gasteiger partial charge in [0.15, 0.2) is 0 Å². The predicted molar refractivity (Wildman–Crippen MR) is 59.1 cm³/mol. The average Bonchev–Trinajstić information content (AvgIpc) is 2.14. The van der Waals surface area contributed by atoms with Crippen molar-refractivity contribution in [2.45, 2.75) is 32.2 Å². The van der Waals surface area contributed by atoms with Crippen molar-refractivity contribution in [1.29, 1.82) is 0 Å². The highest BCUT2D eigenvalue weighted by molar-refractivity contribution is 5.75. The highest BCUT2D eigenvalue weighted by Gasteiger charge is 2.06. The molecule has 0 fully saturated rings. The Labute approximate surface area is 86.8 Å². The van der Waals surface area contributed by atoms with Crippen LogP contribution >= 0.6 is 0 Å². The van der Waals surface area contributed by atoms with Crippen LogP contribution in [0.15, 0.2) is 0 Å². The van der Waals surface area contributed by atoms with Gasteiger partial charge in [0.1, 0.15) is 0 Å². The first-order chi connectivity index (χ1) is 6.57. The van der Waals surface area contributed by atoms with E-state index in [0.717, 1.165) is 12.8 Å². The van der Waals surface area contributed by atoms with E-state index in [4.69, 9.17) is 5.73 Å². The number of nitrogens with two attached hydrogens (primary N) is 1. The highest BCUT2D eigenvalue weighted by atomic mass is 16.1. The Morgan fingerprint density at radius 1 is 1.43 bits per heavy atom. The number of likely N-dealkylation sites (N-methyl/N-ethyl adjacent to an activating group) is 1. The van der Waals surface area contributed by atoms with Gasteiger partial charge in [0.05, 0.1) is 0 Å². The van der Waals surface area contributed by atoms with Crippen molar-refractivity contribution in [1.82, 2.24) is 10.2 Å². The third kappa shape index (κ3) is 6.86. The Balaban J connectivity index is 3.44. The normalized spacial score (nSPS) is 12.9. The summed E-state index contributed by atoms with van der Waals surface area (Å²) in [6.07, 6.45) is 2.41. The van der Waals surface area contributed by atoms with Gasteiger partial charge in [-0.15, -0.1) is 0 Å². The minimum Gasteiger partial charge on any atom is -0.355 e. The van der Waals surface area contributed by atoms with Gasteiger partial charge in [0.2, 0.25) is 5.91 Å². The summed E-state index contributed by atoms with van der Waals surface area (Å²) in [5, 5.41) is 2.90. The van der Waals surface area contributed by atoms with Gasteiger partial charge in [0, 0.05) is 19.0 Å².